The molecule has 0 aromatic heterocycles. The number of nitrogens with one attached hydrogen (secondary N) is 1. The van der Waals surface area contributed by atoms with Crippen molar-refractivity contribution >= 4 is 28.3 Å². The smallest absolute Gasteiger partial charge is 0.243 e. The van der Waals surface area contributed by atoms with Crippen molar-refractivity contribution in [3.8, 4) is 0 Å². The maximum absolute atomic E-state index is 12.8. The molecule has 1 aromatic rings. The third kappa shape index (κ3) is 5.26. The Kier molecular flexibility index (Phi) is 8.30. The molecule has 1 aromatic carbocycles. The van der Waals surface area contributed by atoms with Gasteiger partial charge in [0, 0.05) is 25.6 Å². The fraction of sp³-hybridized carbons (Fsp3) is 0.650. The molecule has 1 aliphatic heterocycles. The zero-order valence-corrected chi connectivity index (χ0v) is 18.1. The minimum absolute atomic E-state index is 0. The zero-order valence-electron chi connectivity index (χ0n) is 16.5. The summed E-state index contributed by atoms with van der Waals surface area (Å²) in [7, 11) is -3.43. The highest BCUT2D eigenvalue weighted by atomic mass is 35.5. The maximum Gasteiger partial charge on any atom is 0.243 e. The van der Waals surface area contributed by atoms with Crippen LogP contribution in [0.15, 0.2) is 29.2 Å². The minimum atomic E-state index is -3.43. The highest BCUT2D eigenvalue weighted by Crippen LogP contribution is 2.31. The van der Waals surface area contributed by atoms with E-state index in [2.05, 4.69) is 12.2 Å². The van der Waals surface area contributed by atoms with Crippen LogP contribution in [0.4, 0.5) is 0 Å². The Balaban J connectivity index is 0.00000280. The van der Waals surface area contributed by atoms with E-state index in [1.807, 2.05) is 0 Å². The SMILES string of the molecule is CC1CCCN(S(=O)(=O)c2ccc(CNC(=O)[C@@H]3CCC[C@@H]3CN)cc2)C1.Cl. The summed E-state index contributed by atoms with van der Waals surface area (Å²) < 4.78 is 27.2. The minimum Gasteiger partial charge on any atom is -0.352 e. The molecule has 0 bridgehead atoms. The van der Waals surface area contributed by atoms with Crippen molar-refractivity contribution in [2.24, 2.45) is 23.5 Å². The van der Waals surface area contributed by atoms with E-state index >= 15 is 0 Å². The second-order valence-electron chi connectivity index (χ2n) is 8.01. The summed E-state index contributed by atoms with van der Waals surface area (Å²) in [6.45, 7) is 4.23. The maximum atomic E-state index is 12.8. The lowest BCUT2D eigenvalue weighted by atomic mass is 9.95. The molecule has 2 aliphatic rings. The van der Waals surface area contributed by atoms with Crippen LogP contribution in [0.1, 0.15) is 44.6 Å². The van der Waals surface area contributed by atoms with Crippen LogP contribution in [-0.2, 0) is 21.4 Å². The van der Waals surface area contributed by atoms with Gasteiger partial charge in [0.05, 0.1) is 4.90 Å². The first kappa shape index (κ1) is 23.1. The Morgan fingerprint density at radius 1 is 1.18 bits per heavy atom. The van der Waals surface area contributed by atoms with Crippen LogP contribution in [-0.4, -0.2) is 38.3 Å². The number of carbonyl (C=O) groups excluding carboxylic acids is 1. The largest absolute Gasteiger partial charge is 0.352 e. The fourth-order valence-corrected chi connectivity index (χ4v) is 5.88. The van der Waals surface area contributed by atoms with Crippen molar-refractivity contribution in [2.75, 3.05) is 19.6 Å². The zero-order chi connectivity index (χ0) is 19.4. The van der Waals surface area contributed by atoms with Crippen LogP contribution < -0.4 is 11.1 Å². The van der Waals surface area contributed by atoms with Crippen LogP contribution in [0, 0.1) is 17.8 Å². The molecule has 28 heavy (non-hydrogen) atoms. The number of piperidine rings is 1. The van der Waals surface area contributed by atoms with E-state index in [-0.39, 0.29) is 30.2 Å². The van der Waals surface area contributed by atoms with E-state index in [9.17, 15) is 13.2 Å². The Labute approximate surface area is 174 Å². The van der Waals surface area contributed by atoms with Gasteiger partial charge in [-0.15, -0.1) is 12.4 Å². The van der Waals surface area contributed by atoms with Gasteiger partial charge in [-0.1, -0.05) is 25.5 Å². The first-order valence-electron chi connectivity index (χ1n) is 9.98. The molecule has 158 valence electrons. The van der Waals surface area contributed by atoms with Gasteiger partial charge in [0.2, 0.25) is 15.9 Å². The number of carbonyl (C=O) groups is 1. The normalized spacial score (nSPS) is 25.9. The van der Waals surface area contributed by atoms with Crippen molar-refractivity contribution in [1.82, 2.24) is 9.62 Å². The highest BCUT2D eigenvalue weighted by Gasteiger charge is 2.32. The van der Waals surface area contributed by atoms with E-state index in [1.54, 1.807) is 28.6 Å². The molecular formula is C20H32ClN3O3S. The van der Waals surface area contributed by atoms with Crippen molar-refractivity contribution in [3.05, 3.63) is 29.8 Å². The molecule has 1 amide bonds. The Hall–Kier alpha value is -1.15. The standard InChI is InChI=1S/C20H31N3O3S.ClH/c1-15-4-3-11-23(14-15)27(25,26)18-9-7-16(8-10-18)13-22-20(24)19-6-2-5-17(19)12-21;/h7-10,15,17,19H,2-6,11-14,21H2,1H3,(H,22,24);1H/t15?,17-,19-;/m1./s1. The van der Waals surface area contributed by atoms with Crippen molar-refractivity contribution in [2.45, 2.75) is 50.5 Å². The molecule has 3 rings (SSSR count). The van der Waals surface area contributed by atoms with Crippen LogP contribution in [0.2, 0.25) is 0 Å². The molecule has 1 saturated heterocycles. The van der Waals surface area contributed by atoms with E-state index in [1.165, 1.54) is 0 Å². The molecule has 1 aliphatic carbocycles. The van der Waals surface area contributed by atoms with Crippen LogP contribution in [0.25, 0.3) is 0 Å². The molecule has 1 heterocycles. The molecule has 3 N–H and O–H groups in total. The monoisotopic (exact) mass is 429 g/mol. The first-order chi connectivity index (χ1) is 12.9. The molecule has 0 spiro atoms. The first-order valence-corrected chi connectivity index (χ1v) is 11.4. The van der Waals surface area contributed by atoms with Crippen LogP contribution in [0.5, 0.6) is 0 Å². The number of hydrogen-bond acceptors (Lipinski definition) is 4. The fourth-order valence-electron chi connectivity index (χ4n) is 4.28. The lowest BCUT2D eigenvalue weighted by Gasteiger charge is -2.30. The molecule has 0 radical (unpaired) electrons. The Bertz CT molecular complexity index is 754. The summed E-state index contributed by atoms with van der Waals surface area (Å²) in [5, 5.41) is 2.98. The third-order valence-electron chi connectivity index (χ3n) is 5.95. The molecule has 3 atom stereocenters. The summed E-state index contributed by atoms with van der Waals surface area (Å²) in [5.74, 6) is 0.748. The van der Waals surface area contributed by atoms with E-state index in [0.717, 1.165) is 37.7 Å². The van der Waals surface area contributed by atoms with Gasteiger partial charge < -0.3 is 11.1 Å². The number of nitrogens with zero attached hydrogens (tertiary/aromatic N) is 1. The number of rotatable bonds is 6. The quantitative estimate of drug-likeness (QED) is 0.726. The number of sulfonamides is 1. The second kappa shape index (κ2) is 10.1. The number of benzene rings is 1. The van der Waals surface area contributed by atoms with Gasteiger partial charge in [0.15, 0.2) is 0 Å². The van der Waals surface area contributed by atoms with E-state index in [0.29, 0.717) is 37.0 Å². The number of amides is 1. The summed E-state index contributed by atoms with van der Waals surface area (Å²) in [6, 6.07) is 6.87. The van der Waals surface area contributed by atoms with Crippen molar-refractivity contribution in [1.29, 1.82) is 0 Å². The summed E-state index contributed by atoms with van der Waals surface area (Å²) in [4.78, 5) is 12.7. The van der Waals surface area contributed by atoms with Gasteiger partial charge in [-0.25, -0.2) is 8.42 Å². The average molecular weight is 430 g/mol. The third-order valence-corrected chi connectivity index (χ3v) is 7.83. The van der Waals surface area contributed by atoms with Gasteiger partial charge in [0.25, 0.3) is 0 Å². The lowest BCUT2D eigenvalue weighted by Crippen LogP contribution is -2.39. The van der Waals surface area contributed by atoms with Gasteiger partial charge in [-0.3, -0.25) is 4.79 Å². The van der Waals surface area contributed by atoms with Gasteiger partial charge in [0.1, 0.15) is 0 Å². The molecule has 8 heteroatoms. The van der Waals surface area contributed by atoms with E-state index < -0.39 is 10.0 Å². The van der Waals surface area contributed by atoms with Gasteiger partial charge >= 0.3 is 0 Å². The van der Waals surface area contributed by atoms with Gasteiger partial charge in [-0.05, 0) is 61.8 Å². The van der Waals surface area contributed by atoms with Crippen LogP contribution in [0.3, 0.4) is 0 Å². The van der Waals surface area contributed by atoms with E-state index in [4.69, 9.17) is 5.73 Å². The van der Waals surface area contributed by atoms with Crippen LogP contribution >= 0.6 is 12.4 Å². The highest BCUT2D eigenvalue weighted by molar-refractivity contribution is 7.89. The second-order valence-corrected chi connectivity index (χ2v) is 9.94. The molecule has 1 unspecified atom stereocenters. The number of halogens is 1. The summed E-state index contributed by atoms with van der Waals surface area (Å²) >= 11 is 0. The molecule has 1 saturated carbocycles. The summed E-state index contributed by atoms with van der Waals surface area (Å²) in [5.41, 5.74) is 6.66. The summed E-state index contributed by atoms with van der Waals surface area (Å²) in [6.07, 6.45) is 4.98. The molecule has 2 fully saturated rings. The molecular weight excluding hydrogens is 398 g/mol. The lowest BCUT2D eigenvalue weighted by molar-refractivity contribution is -0.126. The van der Waals surface area contributed by atoms with Gasteiger partial charge in [-0.2, -0.15) is 4.31 Å². The van der Waals surface area contributed by atoms with Crippen molar-refractivity contribution < 1.29 is 13.2 Å². The topological polar surface area (TPSA) is 92.5 Å². The Morgan fingerprint density at radius 3 is 2.54 bits per heavy atom. The average Bonchev–Trinajstić information content (AvgIpc) is 3.15. The molecule has 6 nitrogen and oxygen atoms in total. The number of nitrogens with two attached hydrogens (primary N) is 1. The predicted octanol–water partition coefficient (Wildman–Crippen LogP) is 2.52. The number of hydrogen-bond donors (Lipinski definition) is 2. The van der Waals surface area contributed by atoms with Crippen molar-refractivity contribution in [3.63, 3.8) is 0 Å². The Morgan fingerprint density at radius 2 is 1.89 bits per heavy atom. The predicted molar refractivity (Wildman–Crippen MR) is 113 cm³/mol.